The molecular weight excluding hydrogens is 452 g/mol. The standard InChI is InChI=1S/C30H32N2O4/c1-4-19-36-25-12-8-11-23(20-25)28(33)26-27(22-13-15-24(16-14-22)31(2)3)32(30(35)29(26)34)18-17-21-9-6-5-7-10-21/h5-16,20,27,33H,4,17-19H2,1-3H3/b28-26+. The molecule has 1 fully saturated rings. The predicted octanol–water partition coefficient (Wildman–Crippen LogP) is 5.21. The molecule has 1 saturated heterocycles. The molecule has 0 aromatic heterocycles. The quantitative estimate of drug-likeness (QED) is 0.257. The Morgan fingerprint density at radius 3 is 2.36 bits per heavy atom. The Bertz CT molecular complexity index is 1250. The van der Waals surface area contributed by atoms with Gasteiger partial charge in [0.05, 0.1) is 18.2 Å². The van der Waals surface area contributed by atoms with E-state index in [1.54, 1.807) is 23.1 Å². The fourth-order valence-electron chi connectivity index (χ4n) is 4.41. The highest BCUT2D eigenvalue weighted by atomic mass is 16.5. The van der Waals surface area contributed by atoms with Crippen LogP contribution < -0.4 is 9.64 Å². The molecular formula is C30H32N2O4. The summed E-state index contributed by atoms with van der Waals surface area (Å²) in [6, 6.07) is 23.9. The second-order valence-electron chi connectivity index (χ2n) is 9.09. The van der Waals surface area contributed by atoms with E-state index in [2.05, 4.69) is 0 Å². The number of benzene rings is 3. The number of amides is 1. The number of rotatable bonds is 9. The summed E-state index contributed by atoms with van der Waals surface area (Å²) in [5, 5.41) is 11.4. The van der Waals surface area contributed by atoms with E-state index < -0.39 is 17.7 Å². The Morgan fingerprint density at radius 1 is 0.972 bits per heavy atom. The molecule has 1 N–H and O–H groups in total. The summed E-state index contributed by atoms with van der Waals surface area (Å²) >= 11 is 0. The highest BCUT2D eigenvalue weighted by Crippen LogP contribution is 2.40. The van der Waals surface area contributed by atoms with Crippen LogP contribution in [0, 0.1) is 0 Å². The summed E-state index contributed by atoms with van der Waals surface area (Å²) in [6.45, 7) is 2.92. The molecule has 3 aromatic carbocycles. The second kappa shape index (κ2) is 11.1. The Morgan fingerprint density at radius 2 is 1.69 bits per heavy atom. The van der Waals surface area contributed by atoms with Crippen LogP contribution in [-0.4, -0.2) is 48.9 Å². The number of anilines is 1. The van der Waals surface area contributed by atoms with Gasteiger partial charge in [0.2, 0.25) is 0 Å². The van der Waals surface area contributed by atoms with Gasteiger partial charge in [-0.3, -0.25) is 9.59 Å². The van der Waals surface area contributed by atoms with E-state index in [0.29, 0.717) is 30.9 Å². The molecule has 0 radical (unpaired) electrons. The third-order valence-electron chi connectivity index (χ3n) is 6.33. The fourth-order valence-corrected chi connectivity index (χ4v) is 4.41. The summed E-state index contributed by atoms with van der Waals surface area (Å²) in [6.07, 6.45) is 1.45. The first-order chi connectivity index (χ1) is 17.4. The number of hydrogen-bond donors (Lipinski definition) is 1. The lowest BCUT2D eigenvalue weighted by atomic mass is 9.95. The van der Waals surface area contributed by atoms with Crippen molar-refractivity contribution in [1.82, 2.24) is 4.90 Å². The van der Waals surface area contributed by atoms with E-state index in [1.807, 2.05) is 86.6 Å². The minimum atomic E-state index is -0.690. The third kappa shape index (κ3) is 5.28. The first-order valence-electron chi connectivity index (χ1n) is 12.2. The number of aliphatic hydroxyl groups is 1. The van der Waals surface area contributed by atoms with Crippen molar-refractivity contribution in [2.45, 2.75) is 25.8 Å². The zero-order valence-electron chi connectivity index (χ0n) is 21.0. The van der Waals surface area contributed by atoms with Crippen LogP contribution in [0.1, 0.15) is 36.1 Å². The van der Waals surface area contributed by atoms with Crippen molar-refractivity contribution >= 4 is 23.1 Å². The van der Waals surface area contributed by atoms with Crippen LogP contribution in [0.15, 0.2) is 84.4 Å². The van der Waals surface area contributed by atoms with Gasteiger partial charge in [0.15, 0.2) is 0 Å². The Labute approximate surface area is 212 Å². The number of hydrogen-bond acceptors (Lipinski definition) is 5. The SMILES string of the molecule is CCCOc1cccc(/C(O)=C2\C(=O)C(=O)N(CCc3ccccc3)C2c2ccc(N(C)C)cc2)c1. The lowest BCUT2D eigenvalue weighted by molar-refractivity contribution is -0.139. The second-order valence-corrected chi connectivity index (χ2v) is 9.09. The number of nitrogens with zero attached hydrogens (tertiary/aromatic N) is 2. The number of Topliss-reactive ketones (excluding diaryl/α,β-unsaturated/α-hetero) is 1. The largest absolute Gasteiger partial charge is 0.507 e. The van der Waals surface area contributed by atoms with Crippen LogP contribution in [0.5, 0.6) is 5.75 Å². The van der Waals surface area contributed by atoms with Crippen LogP contribution in [0.2, 0.25) is 0 Å². The van der Waals surface area contributed by atoms with Gasteiger partial charge in [-0.1, -0.05) is 61.5 Å². The lowest BCUT2D eigenvalue weighted by Crippen LogP contribution is -2.31. The van der Waals surface area contributed by atoms with Crippen molar-refractivity contribution in [2.75, 3.05) is 32.1 Å². The highest BCUT2D eigenvalue weighted by molar-refractivity contribution is 6.46. The van der Waals surface area contributed by atoms with E-state index in [1.165, 1.54) is 0 Å². The van der Waals surface area contributed by atoms with Gasteiger partial charge in [0, 0.05) is 31.9 Å². The minimum Gasteiger partial charge on any atom is -0.507 e. The maximum atomic E-state index is 13.3. The average Bonchev–Trinajstić information content (AvgIpc) is 3.16. The van der Waals surface area contributed by atoms with E-state index >= 15 is 0 Å². The molecule has 186 valence electrons. The number of carbonyl (C=O) groups is 2. The van der Waals surface area contributed by atoms with Crippen LogP contribution in [0.25, 0.3) is 5.76 Å². The summed E-state index contributed by atoms with van der Waals surface area (Å²) in [5.41, 5.74) is 3.38. The van der Waals surface area contributed by atoms with Crippen LogP contribution >= 0.6 is 0 Å². The molecule has 6 heteroatoms. The molecule has 0 bridgehead atoms. The molecule has 1 heterocycles. The molecule has 0 saturated carbocycles. The van der Waals surface area contributed by atoms with Crippen LogP contribution in [-0.2, 0) is 16.0 Å². The topological polar surface area (TPSA) is 70.1 Å². The van der Waals surface area contributed by atoms with Gasteiger partial charge >= 0.3 is 0 Å². The molecule has 1 aliphatic rings. The molecule has 1 amide bonds. The minimum absolute atomic E-state index is 0.0957. The highest BCUT2D eigenvalue weighted by Gasteiger charge is 2.45. The molecule has 6 nitrogen and oxygen atoms in total. The molecule has 0 spiro atoms. The Balaban J connectivity index is 1.76. The number of carbonyl (C=O) groups excluding carboxylic acids is 2. The number of ketones is 1. The van der Waals surface area contributed by atoms with Crippen molar-refractivity contribution in [3.63, 3.8) is 0 Å². The summed E-state index contributed by atoms with van der Waals surface area (Å²) in [4.78, 5) is 30.1. The van der Waals surface area contributed by atoms with Crippen molar-refractivity contribution in [3.05, 3.63) is 101 Å². The number of ether oxygens (including phenoxy) is 1. The molecule has 36 heavy (non-hydrogen) atoms. The molecule has 1 atom stereocenters. The molecule has 0 aliphatic carbocycles. The van der Waals surface area contributed by atoms with Gasteiger partial charge in [-0.15, -0.1) is 0 Å². The van der Waals surface area contributed by atoms with Crippen molar-refractivity contribution < 1.29 is 19.4 Å². The summed E-state index contributed by atoms with van der Waals surface area (Å²) in [7, 11) is 3.91. The first kappa shape index (κ1) is 25.0. The molecule has 1 unspecified atom stereocenters. The van der Waals surface area contributed by atoms with Crippen LogP contribution in [0.4, 0.5) is 5.69 Å². The van der Waals surface area contributed by atoms with E-state index in [9.17, 15) is 14.7 Å². The van der Waals surface area contributed by atoms with Crippen molar-refractivity contribution in [1.29, 1.82) is 0 Å². The van der Waals surface area contributed by atoms with Gasteiger partial charge in [-0.25, -0.2) is 0 Å². The summed E-state index contributed by atoms with van der Waals surface area (Å²) < 4.78 is 5.71. The normalized spacial score (nSPS) is 16.9. The number of aliphatic hydroxyl groups excluding tert-OH is 1. The zero-order valence-corrected chi connectivity index (χ0v) is 21.0. The third-order valence-corrected chi connectivity index (χ3v) is 6.33. The maximum Gasteiger partial charge on any atom is 0.295 e. The lowest BCUT2D eigenvalue weighted by Gasteiger charge is -2.26. The van der Waals surface area contributed by atoms with Gasteiger partial charge in [-0.05, 0) is 48.2 Å². The Hall–Kier alpha value is -4.06. The maximum absolute atomic E-state index is 13.3. The molecule has 4 rings (SSSR count). The van der Waals surface area contributed by atoms with Gasteiger partial charge in [-0.2, -0.15) is 0 Å². The Kier molecular flexibility index (Phi) is 7.74. The predicted molar refractivity (Wildman–Crippen MR) is 142 cm³/mol. The van der Waals surface area contributed by atoms with Crippen LogP contribution in [0.3, 0.4) is 0 Å². The molecule has 1 aliphatic heterocycles. The van der Waals surface area contributed by atoms with Crippen molar-refractivity contribution in [3.8, 4) is 5.75 Å². The summed E-state index contributed by atoms with van der Waals surface area (Å²) in [5.74, 6) is -0.875. The fraction of sp³-hybridized carbons (Fsp3) is 0.267. The van der Waals surface area contributed by atoms with Gasteiger partial charge in [0.1, 0.15) is 11.5 Å². The average molecular weight is 485 g/mol. The van der Waals surface area contributed by atoms with Gasteiger partial charge < -0.3 is 19.6 Å². The monoisotopic (exact) mass is 484 g/mol. The van der Waals surface area contributed by atoms with Gasteiger partial charge in [0.25, 0.3) is 11.7 Å². The zero-order chi connectivity index (χ0) is 25.7. The first-order valence-corrected chi connectivity index (χ1v) is 12.2. The molecule has 3 aromatic rings. The van der Waals surface area contributed by atoms with E-state index in [-0.39, 0.29) is 11.3 Å². The van der Waals surface area contributed by atoms with E-state index in [0.717, 1.165) is 23.2 Å². The smallest absolute Gasteiger partial charge is 0.295 e. The van der Waals surface area contributed by atoms with Crippen molar-refractivity contribution in [2.24, 2.45) is 0 Å². The number of likely N-dealkylation sites (tertiary alicyclic amines) is 1. The van der Waals surface area contributed by atoms with E-state index in [4.69, 9.17) is 4.74 Å².